The molecular weight excluding hydrogens is 1170 g/mol. The van der Waals surface area contributed by atoms with Crippen LogP contribution < -0.4 is 0 Å². The van der Waals surface area contributed by atoms with E-state index in [9.17, 15) is 43.2 Å². The summed E-state index contributed by atoms with van der Waals surface area (Å²) in [5.41, 5.74) is 0. The molecule has 89 heavy (non-hydrogen) atoms. The average Bonchev–Trinajstić information content (AvgIpc) is 3.69. The summed E-state index contributed by atoms with van der Waals surface area (Å²) in [5, 5.41) is 10.6. The van der Waals surface area contributed by atoms with E-state index in [0.29, 0.717) is 37.5 Å². The lowest BCUT2D eigenvalue weighted by molar-refractivity contribution is -0.161. The lowest BCUT2D eigenvalue weighted by atomic mass is 10.0. The number of hydrogen-bond donors (Lipinski definition) is 3. The van der Waals surface area contributed by atoms with Crippen molar-refractivity contribution in [3.8, 4) is 0 Å². The highest BCUT2D eigenvalue weighted by Gasteiger charge is 2.30. The molecule has 3 N–H and O–H groups in total. The van der Waals surface area contributed by atoms with Crippen LogP contribution in [0.2, 0.25) is 0 Å². The van der Waals surface area contributed by atoms with E-state index in [1.165, 1.54) is 109 Å². The molecule has 0 amide bonds. The van der Waals surface area contributed by atoms with E-state index < -0.39 is 97.5 Å². The predicted octanol–water partition coefficient (Wildman–Crippen LogP) is 19.4. The maximum absolute atomic E-state index is 13.0. The Labute approximate surface area is 542 Å². The molecule has 0 aliphatic carbocycles. The molecule has 0 heterocycles. The van der Waals surface area contributed by atoms with E-state index in [4.69, 9.17) is 37.0 Å². The topological polar surface area (TPSA) is 237 Å². The monoisotopic (exact) mass is 1310 g/mol. The number of unbranched alkanes of at least 4 members (excludes halogenated alkanes) is 31. The second-order valence-corrected chi connectivity index (χ2v) is 28.9. The Hall–Kier alpha value is -2.46. The van der Waals surface area contributed by atoms with E-state index in [2.05, 4.69) is 72.8 Å². The van der Waals surface area contributed by atoms with Crippen molar-refractivity contribution in [2.24, 2.45) is 17.8 Å². The van der Waals surface area contributed by atoms with Crippen LogP contribution in [0.15, 0.2) is 24.3 Å². The van der Waals surface area contributed by atoms with E-state index in [1.54, 1.807) is 0 Å². The van der Waals surface area contributed by atoms with Gasteiger partial charge in [0.2, 0.25) is 0 Å². The summed E-state index contributed by atoms with van der Waals surface area (Å²) in [6, 6.07) is 0. The first-order chi connectivity index (χ1) is 42.7. The van der Waals surface area contributed by atoms with Crippen molar-refractivity contribution in [1.82, 2.24) is 0 Å². The lowest BCUT2D eigenvalue weighted by Gasteiger charge is -2.21. The largest absolute Gasteiger partial charge is 0.472 e. The second kappa shape index (κ2) is 60.5. The van der Waals surface area contributed by atoms with Gasteiger partial charge in [0.05, 0.1) is 26.4 Å². The van der Waals surface area contributed by atoms with Gasteiger partial charge in [-0.05, 0) is 69.1 Å². The molecule has 0 aromatic carbocycles. The van der Waals surface area contributed by atoms with Crippen LogP contribution in [-0.4, -0.2) is 96.7 Å². The van der Waals surface area contributed by atoms with Gasteiger partial charge in [0.25, 0.3) is 0 Å². The number of aliphatic hydroxyl groups is 1. The van der Waals surface area contributed by atoms with Crippen molar-refractivity contribution >= 4 is 39.5 Å². The summed E-state index contributed by atoms with van der Waals surface area (Å²) in [7, 11) is -9.91. The third-order valence-corrected chi connectivity index (χ3v) is 17.4. The molecule has 0 radical (unpaired) electrons. The maximum atomic E-state index is 13.0. The molecular formula is C70H132O17P2. The Morgan fingerprint density at radius 3 is 0.910 bits per heavy atom. The van der Waals surface area contributed by atoms with Gasteiger partial charge in [0.15, 0.2) is 12.2 Å². The minimum absolute atomic E-state index is 0.0984. The number of phosphoric acid groups is 2. The summed E-state index contributed by atoms with van der Waals surface area (Å²) in [5.74, 6) is 0.00950. The minimum atomic E-state index is -4.96. The first kappa shape index (κ1) is 86.5. The normalized spacial score (nSPS) is 14.4. The second-order valence-electron chi connectivity index (χ2n) is 26.0. The summed E-state index contributed by atoms with van der Waals surface area (Å²) in [6.07, 6.45) is 46.8. The summed E-state index contributed by atoms with van der Waals surface area (Å²) in [4.78, 5) is 72.5. The van der Waals surface area contributed by atoms with Crippen LogP contribution in [0, 0.1) is 17.8 Å². The van der Waals surface area contributed by atoms with Crippen LogP contribution in [0.1, 0.15) is 325 Å². The molecule has 524 valence electrons. The zero-order chi connectivity index (χ0) is 65.9. The number of carbonyl (C=O) groups is 4. The highest BCUT2D eigenvalue weighted by Crippen LogP contribution is 2.45. The standard InChI is InChI=1S/C70H132O17P2/c1-8-9-10-11-12-13-14-15-16-17-18-22-30-37-44-51-67(72)80-57-65(86-69(74)53-46-39-31-23-20-19-21-27-34-41-48-61(2)3)59-84-88(76,77)82-55-64(71)56-83-89(78,79)85-60-66(58-81-68(73)52-45-38-33-26-29-36-43-50-63(6)7)87-70(75)54-47-40-32-25-24-28-35-42-49-62(4)5/h13-16,61-66,71H,8-12,17-60H2,1-7H3,(H,76,77)(H,78,79)/b14-13-,16-15-/t64?,65-,66-/m1/s1. The number of aliphatic hydroxyl groups excluding tert-OH is 1. The minimum Gasteiger partial charge on any atom is -0.462 e. The van der Waals surface area contributed by atoms with Crippen molar-refractivity contribution in [1.29, 1.82) is 0 Å². The molecule has 0 aromatic rings. The van der Waals surface area contributed by atoms with Gasteiger partial charge in [-0.15, -0.1) is 0 Å². The van der Waals surface area contributed by atoms with Gasteiger partial charge in [-0.25, -0.2) is 9.13 Å². The molecule has 0 saturated heterocycles. The molecule has 19 heteroatoms. The zero-order valence-electron chi connectivity index (χ0n) is 57.4. The smallest absolute Gasteiger partial charge is 0.462 e. The molecule has 5 atom stereocenters. The Balaban J connectivity index is 5.29. The van der Waals surface area contributed by atoms with E-state index in [-0.39, 0.29) is 25.7 Å². The van der Waals surface area contributed by atoms with Crippen LogP contribution in [0.25, 0.3) is 0 Å². The third kappa shape index (κ3) is 64.1. The van der Waals surface area contributed by atoms with Gasteiger partial charge >= 0.3 is 39.5 Å². The molecule has 0 spiro atoms. The van der Waals surface area contributed by atoms with Gasteiger partial charge in [0, 0.05) is 25.7 Å². The van der Waals surface area contributed by atoms with Crippen molar-refractivity contribution in [2.75, 3.05) is 39.6 Å². The van der Waals surface area contributed by atoms with E-state index in [0.717, 1.165) is 121 Å². The van der Waals surface area contributed by atoms with Gasteiger partial charge in [-0.1, -0.05) is 272 Å². The van der Waals surface area contributed by atoms with Gasteiger partial charge in [-0.2, -0.15) is 0 Å². The van der Waals surface area contributed by atoms with Crippen molar-refractivity contribution in [3.63, 3.8) is 0 Å². The third-order valence-electron chi connectivity index (χ3n) is 15.5. The predicted molar refractivity (Wildman–Crippen MR) is 358 cm³/mol. The van der Waals surface area contributed by atoms with Gasteiger partial charge < -0.3 is 33.8 Å². The molecule has 0 aliphatic rings. The Morgan fingerprint density at radius 1 is 0.348 bits per heavy atom. The summed E-state index contributed by atoms with van der Waals surface area (Å²) < 4.78 is 68.2. The Morgan fingerprint density at radius 2 is 0.607 bits per heavy atom. The molecule has 0 saturated carbocycles. The SMILES string of the molecule is CCCCCC/C=C\C=C/CCCCCCCC(=O)OC[C@H](COP(=O)(O)OCC(O)COP(=O)(O)OC[C@@H](COC(=O)CCCCCCCCCC(C)C)OC(=O)CCCCCCCCCCC(C)C)OC(=O)CCCCCCCCCCCCC(C)C. The van der Waals surface area contributed by atoms with Crippen molar-refractivity contribution in [3.05, 3.63) is 24.3 Å². The molecule has 0 aromatic heterocycles. The number of allylic oxidation sites excluding steroid dienone is 4. The van der Waals surface area contributed by atoms with E-state index >= 15 is 0 Å². The highest BCUT2D eigenvalue weighted by atomic mass is 31.2. The number of rotatable bonds is 66. The van der Waals surface area contributed by atoms with Crippen molar-refractivity contribution < 1.29 is 80.2 Å². The lowest BCUT2D eigenvalue weighted by Crippen LogP contribution is -2.30. The fraction of sp³-hybridized carbons (Fsp3) is 0.886. The van der Waals surface area contributed by atoms with Crippen LogP contribution in [0.3, 0.4) is 0 Å². The van der Waals surface area contributed by atoms with Crippen LogP contribution in [-0.2, 0) is 65.4 Å². The molecule has 17 nitrogen and oxygen atoms in total. The number of esters is 4. The Bertz CT molecular complexity index is 1840. The number of ether oxygens (including phenoxy) is 4. The van der Waals surface area contributed by atoms with Crippen LogP contribution in [0.5, 0.6) is 0 Å². The zero-order valence-corrected chi connectivity index (χ0v) is 59.2. The molecule has 0 bridgehead atoms. The van der Waals surface area contributed by atoms with Gasteiger partial charge in [-0.3, -0.25) is 37.3 Å². The van der Waals surface area contributed by atoms with E-state index in [1.807, 2.05) is 0 Å². The molecule has 0 fully saturated rings. The molecule has 3 unspecified atom stereocenters. The number of hydrogen-bond acceptors (Lipinski definition) is 15. The summed E-state index contributed by atoms with van der Waals surface area (Å²) >= 11 is 0. The molecule has 0 rings (SSSR count). The van der Waals surface area contributed by atoms with Crippen LogP contribution in [0.4, 0.5) is 0 Å². The fourth-order valence-electron chi connectivity index (χ4n) is 10.0. The highest BCUT2D eigenvalue weighted by molar-refractivity contribution is 7.47. The Kier molecular flexibility index (Phi) is 58.8. The number of phosphoric ester groups is 2. The fourth-order valence-corrected chi connectivity index (χ4v) is 11.6. The quantitative estimate of drug-likeness (QED) is 0.0169. The number of carbonyl (C=O) groups excluding carboxylic acids is 4. The average molecular weight is 1310 g/mol. The molecule has 0 aliphatic heterocycles. The van der Waals surface area contributed by atoms with Crippen LogP contribution >= 0.6 is 15.6 Å². The first-order valence-electron chi connectivity index (χ1n) is 35.7. The first-order valence-corrected chi connectivity index (χ1v) is 38.7. The maximum Gasteiger partial charge on any atom is 0.472 e. The van der Waals surface area contributed by atoms with Crippen molar-refractivity contribution in [2.45, 2.75) is 343 Å². The van der Waals surface area contributed by atoms with Gasteiger partial charge in [0.1, 0.15) is 19.3 Å². The summed E-state index contributed by atoms with van der Waals surface area (Å²) in [6.45, 7) is 11.7.